The third kappa shape index (κ3) is 3.17. The van der Waals surface area contributed by atoms with Gasteiger partial charge in [0, 0.05) is 23.9 Å². The zero-order valence-electron chi connectivity index (χ0n) is 9.48. The molecule has 100 valence electrons. The summed E-state index contributed by atoms with van der Waals surface area (Å²) in [6.07, 6.45) is 0. The normalized spacial score (nSPS) is 10.6. The van der Waals surface area contributed by atoms with E-state index in [1.165, 1.54) is 12.1 Å². The second kappa shape index (κ2) is 5.48. The zero-order chi connectivity index (χ0) is 14.0. The number of hydrogen-bond donors (Lipinski definition) is 1. The van der Waals surface area contributed by atoms with E-state index < -0.39 is 23.3 Å². The van der Waals surface area contributed by atoms with Crippen molar-refractivity contribution < 1.29 is 17.6 Å². The van der Waals surface area contributed by atoms with Crippen LogP contribution in [0, 0.1) is 23.3 Å². The van der Waals surface area contributed by atoms with Gasteiger partial charge in [-0.25, -0.2) is 17.6 Å². The summed E-state index contributed by atoms with van der Waals surface area (Å²) in [7, 11) is 0. The van der Waals surface area contributed by atoms with Crippen molar-refractivity contribution in [2.24, 2.45) is 0 Å². The number of halogens is 5. The van der Waals surface area contributed by atoms with Crippen LogP contribution in [0.5, 0.6) is 0 Å². The molecule has 6 heteroatoms. The number of anilines is 1. The Hall–Kier alpha value is -1.75. The highest BCUT2D eigenvalue weighted by Crippen LogP contribution is 2.20. The minimum absolute atomic E-state index is 0.0374. The van der Waals surface area contributed by atoms with E-state index in [-0.39, 0.29) is 17.1 Å². The van der Waals surface area contributed by atoms with Crippen molar-refractivity contribution in [3.8, 4) is 0 Å². The number of benzene rings is 2. The Bertz CT molecular complexity index is 616. The van der Waals surface area contributed by atoms with Gasteiger partial charge in [0.1, 0.15) is 11.6 Å². The van der Waals surface area contributed by atoms with Crippen molar-refractivity contribution in [1.29, 1.82) is 0 Å². The van der Waals surface area contributed by atoms with Gasteiger partial charge in [0.25, 0.3) is 0 Å². The Morgan fingerprint density at radius 3 is 2.21 bits per heavy atom. The molecule has 0 saturated heterocycles. The molecule has 0 aliphatic heterocycles. The standard InChI is InChI=1S/C13H8ClF4N/c14-9-2-1-8(4-11(9)16)19-6-7-3-12(17)13(18)5-10(7)15/h1-5,19H,6H2. The average molecular weight is 290 g/mol. The SMILES string of the molecule is Fc1cc(F)c(CNc2ccc(Cl)c(F)c2)cc1F. The fraction of sp³-hybridized carbons (Fsp3) is 0.0769. The van der Waals surface area contributed by atoms with Gasteiger partial charge < -0.3 is 5.32 Å². The summed E-state index contributed by atoms with van der Waals surface area (Å²) >= 11 is 5.51. The monoisotopic (exact) mass is 289 g/mol. The molecule has 0 atom stereocenters. The van der Waals surface area contributed by atoms with E-state index in [9.17, 15) is 17.6 Å². The summed E-state index contributed by atoms with van der Waals surface area (Å²) in [6, 6.07) is 5.17. The Balaban J connectivity index is 2.14. The minimum atomic E-state index is -1.25. The molecule has 0 spiro atoms. The predicted octanol–water partition coefficient (Wildman–Crippen LogP) is 4.51. The molecule has 0 unspecified atom stereocenters. The molecule has 0 aromatic heterocycles. The topological polar surface area (TPSA) is 12.0 Å². The zero-order valence-corrected chi connectivity index (χ0v) is 10.2. The number of hydrogen-bond acceptors (Lipinski definition) is 1. The molecule has 0 aliphatic rings. The molecule has 1 nitrogen and oxygen atoms in total. The Labute approximate surface area is 111 Å². The fourth-order valence-electron chi connectivity index (χ4n) is 1.50. The fourth-order valence-corrected chi connectivity index (χ4v) is 1.62. The lowest BCUT2D eigenvalue weighted by atomic mass is 10.2. The van der Waals surface area contributed by atoms with Crippen LogP contribution in [0.15, 0.2) is 30.3 Å². The highest BCUT2D eigenvalue weighted by Gasteiger charge is 2.09. The molecule has 0 heterocycles. The van der Waals surface area contributed by atoms with Crippen molar-refractivity contribution in [2.75, 3.05) is 5.32 Å². The molecule has 1 N–H and O–H groups in total. The van der Waals surface area contributed by atoms with Crippen molar-refractivity contribution in [1.82, 2.24) is 0 Å². The first kappa shape index (κ1) is 13.7. The highest BCUT2D eigenvalue weighted by molar-refractivity contribution is 6.30. The quantitative estimate of drug-likeness (QED) is 0.647. The lowest BCUT2D eigenvalue weighted by Gasteiger charge is -2.08. The van der Waals surface area contributed by atoms with Gasteiger partial charge in [-0.15, -0.1) is 0 Å². The largest absolute Gasteiger partial charge is 0.381 e. The smallest absolute Gasteiger partial charge is 0.161 e. The summed E-state index contributed by atoms with van der Waals surface area (Å²) in [4.78, 5) is 0. The van der Waals surface area contributed by atoms with Crippen molar-refractivity contribution in [3.05, 3.63) is 64.2 Å². The molecular formula is C13H8ClF4N. The van der Waals surface area contributed by atoms with Crippen LogP contribution in [0.4, 0.5) is 23.2 Å². The Morgan fingerprint density at radius 1 is 0.842 bits per heavy atom. The Kier molecular flexibility index (Phi) is 3.95. The van der Waals surface area contributed by atoms with Gasteiger partial charge in [-0.2, -0.15) is 0 Å². The van der Waals surface area contributed by atoms with Gasteiger partial charge in [0.2, 0.25) is 0 Å². The van der Waals surface area contributed by atoms with Gasteiger partial charge >= 0.3 is 0 Å². The summed E-state index contributed by atoms with van der Waals surface area (Å²) < 4.78 is 52.2. The first-order chi connectivity index (χ1) is 8.97. The summed E-state index contributed by atoms with van der Waals surface area (Å²) in [6.45, 7) is -0.107. The van der Waals surface area contributed by atoms with Crippen LogP contribution in [0.25, 0.3) is 0 Å². The lowest BCUT2D eigenvalue weighted by molar-refractivity contribution is 0.490. The average Bonchev–Trinajstić information content (AvgIpc) is 2.36. The van der Waals surface area contributed by atoms with Gasteiger partial charge in [-0.3, -0.25) is 0 Å². The van der Waals surface area contributed by atoms with Gasteiger partial charge in [-0.1, -0.05) is 11.6 Å². The maximum absolute atomic E-state index is 13.3. The van der Waals surface area contributed by atoms with Gasteiger partial charge in [-0.05, 0) is 24.3 Å². The van der Waals surface area contributed by atoms with E-state index in [2.05, 4.69) is 5.32 Å². The van der Waals surface area contributed by atoms with E-state index in [0.29, 0.717) is 11.8 Å². The van der Waals surface area contributed by atoms with E-state index in [1.54, 1.807) is 0 Å². The van der Waals surface area contributed by atoms with E-state index in [4.69, 9.17) is 11.6 Å². The predicted molar refractivity (Wildman–Crippen MR) is 65.1 cm³/mol. The summed E-state index contributed by atoms with van der Waals surface area (Å²) in [5.74, 6) is -3.89. The maximum atomic E-state index is 13.3. The first-order valence-electron chi connectivity index (χ1n) is 5.29. The van der Waals surface area contributed by atoms with Crippen molar-refractivity contribution in [3.63, 3.8) is 0 Å². The molecule has 19 heavy (non-hydrogen) atoms. The Morgan fingerprint density at radius 2 is 1.53 bits per heavy atom. The van der Waals surface area contributed by atoms with Gasteiger partial charge in [0.15, 0.2) is 11.6 Å². The maximum Gasteiger partial charge on any atom is 0.161 e. The number of nitrogens with one attached hydrogen (secondary N) is 1. The van der Waals surface area contributed by atoms with Gasteiger partial charge in [0.05, 0.1) is 5.02 Å². The summed E-state index contributed by atoms with van der Waals surface area (Å²) in [5, 5.41) is 2.65. The van der Waals surface area contributed by atoms with Crippen LogP contribution in [0.1, 0.15) is 5.56 Å². The molecule has 0 saturated carbocycles. The second-order valence-electron chi connectivity index (χ2n) is 3.84. The van der Waals surface area contributed by atoms with Crippen molar-refractivity contribution in [2.45, 2.75) is 6.54 Å². The molecular weight excluding hydrogens is 282 g/mol. The molecule has 0 aliphatic carbocycles. The molecule has 0 fully saturated rings. The molecule has 2 aromatic carbocycles. The summed E-state index contributed by atoms with van der Waals surface area (Å²) in [5.41, 5.74) is 0.292. The van der Waals surface area contributed by atoms with Crippen LogP contribution in [0.2, 0.25) is 5.02 Å². The van der Waals surface area contributed by atoms with E-state index in [1.807, 2.05) is 0 Å². The molecule has 0 amide bonds. The first-order valence-corrected chi connectivity index (χ1v) is 5.67. The second-order valence-corrected chi connectivity index (χ2v) is 4.25. The lowest BCUT2D eigenvalue weighted by Crippen LogP contribution is -2.04. The molecule has 2 rings (SSSR count). The number of rotatable bonds is 3. The van der Waals surface area contributed by atoms with Crippen LogP contribution in [-0.4, -0.2) is 0 Å². The minimum Gasteiger partial charge on any atom is -0.381 e. The molecule has 0 bridgehead atoms. The third-order valence-corrected chi connectivity index (χ3v) is 2.80. The van der Waals surface area contributed by atoms with Crippen molar-refractivity contribution >= 4 is 17.3 Å². The molecule has 0 radical (unpaired) electrons. The van der Waals surface area contributed by atoms with Crippen LogP contribution < -0.4 is 5.32 Å². The van der Waals surface area contributed by atoms with E-state index in [0.717, 1.165) is 12.1 Å². The van der Waals surface area contributed by atoms with Crippen LogP contribution >= 0.6 is 11.6 Å². The van der Waals surface area contributed by atoms with E-state index >= 15 is 0 Å². The van der Waals surface area contributed by atoms with Crippen LogP contribution in [0.3, 0.4) is 0 Å². The molecule has 2 aromatic rings. The highest BCUT2D eigenvalue weighted by atomic mass is 35.5. The third-order valence-electron chi connectivity index (χ3n) is 2.49. The van der Waals surface area contributed by atoms with Crippen LogP contribution in [-0.2, 0) is 6.54 Å².